The first-order chi connectivity index (χ1) is 10.7. The molecule has 2 atom stereocenters. The van der Waals surface area contributed by atoms with Crippen LogP contribution in [0, 0.1) is 6.92 Å². The van der Waals surface area contributed by atoms with E-state index < -0.39 is 34.0 Å². The Kier molecular flexibility index (Phi) is 17.7. The maximum atomic E-state index is 11.9. The minimum Gasteiger partial charge on any atom is -0.542 e. The van der Waals surface area contributed by atoms with Crippen LogP contribution in [-0.4, -0.2) is 60.9 Å². The van der Waals surface area contributed by atoms with E-state index in [1.54, 1.807) is 0 Å². The van der Waals surface area contributed by atoms with Crippen molar-refractivity contribution >= 4 is 28.2 Å². The van der Waals surface area contributed by atoms with E-state index in [0.29, 0.717) is 19.4 Å². The molecule has 0 spiro atoms. The van der Waals surface area contributed by atoms with Gasteiger partial charge in [-0.05, 0) is 12.8 Å². The summed E-state index contributed by atoms with van der Waals surface area (Å²) in [4.78, 5) is 31.3. The van der Waals surface area contributed by atoms with Crippen LogP contribution in [0.2, 0.25) is 0 Å². The van der Waals surface area contributed by atoms with E-state index in [-0.39, 0.29) is 39.1 Å². The monoisotopic (exact) mass is 439 g/mol. The summed E-state index contributed by atoms with van der Waals surface area (Å²) in [6.45, 7) is 9.04. The average molecular weight is 439 g/mol. The fourth-order valence-electron chi connectivity index (χ4n) is 1.92. The first-order valence-corrected chi connectivity index (χ1v) is 9.12. The molecule has 24 heavy (non-hydrogen) atoms. The van der Waals surface area contributed by atoms with Gasteiger partial charge in [0.15, 0.2) is 0 Å². The third kappa shape index (κ3) is 10.5. The van der Waals surface area contributed by atoms with E-state index in [9.17, 15) is 18.0 Å². The average Bonchev–Trinajstić information content (AvgIpc) is 2.97. The Bertz CT molecular complexity index is 484. The van der Waals surface area contributed by atoms with E-state index >= 15 is 0 Å². The third-order valence-corrected chi connectivity index (χ3v) is 4.12. The molecule has 0 aromatic carbocycles. The number of aliphatic carboxylic acids is 1. The predicted octanol–water partition coefficient (Wildman–Crippen LogP) is 0.344. The standard InChI is InChI=1S/C10H17N2O5S.C2H3O.C2H6.Y/c1-3-7(10(14)15)11-9(13)8-5-4-6-12(8)18(2,16)17;1-2-3;1-2;/h7-8H,1,3-6H2,2H3,(H,11,13)(H,14,15);1H3;1-2H3;/q2*-1;;/t7-,8?;;;/m0.../s1. The molecular weight excluding hydrogens is 413 g/mol. The topological polar surface area (TPSA) is 121 Å². The van der Waals surface area contributed by atoms with Crippen LogP contribution >= 0.6 is 0 Å². The van der Waals surface area contributed by atoms with Gasteiger partial charge in [-0.15, -0.1) is 0 Å². The number of carboxylic acid groups (broad SMARTS) is 1. The Morgan fingerprint density at radius 2 is 1.88 bits per heavy atom. The van der Waals surface area contributed by atoms with Gasteiger partial charge < -0.3 is 22.1 Å². The molecule has 10 heteroatoms. The Morgan fingerprint density at radius 1 is 1.42 bits per heavy atom. The zero-order valence-corrected chi connectivity index (χ0v) is 18.3. The van der Waals surface area contributed by atoms with Crippen molar-refractivity contribution in [3.63, 3.8) is 0 Å². The van der Waals surface area contributed by atoms with Crippen molar-refractivity contribution in [2.45, 2.75) is 52.1 Å². The molecule has 1 radical (unpaired) electrons. The van der Waals surface area contributed by atoms with Crippen molar-refractivity contribution in [2.75, 3.05) is 12.8 Å². The van der Waals surface area contributed by atoms with Crippen molar-refractivity contribution < 1.29 is 60.6 Å². The predicted molar refractivity (Wildman–Crippen MR) is 86.8 cm³/mol. The zero-order valence-electron chi connectivity index (χ0n) is 14.6. The fourth-order valence-corrected chi connectivity index (χ4v) is 3.05. The first kappa shape index (κ1) is 28.4. The van der Waals surface area contributed by atoms with Gasteiger partial charge >= 0.3 is 5.97 Å². The fraction of sp³-hybridized carbons (Fsp3) is 0.714. The molecule has 0 bridgehead atoms. The van der Waals surface area contributed by atoms with Gasteiger partial charge in [0.2, 0.25) is 15.9 Å². The molecule has 1 amide bonds. The molecule has 2 N–H and O–H groups in total. The quantitative estimate of drug-likeness (QED) is 0.597. The summed E-state index contributed by atoms with van der Waals surface area (Å²) in [5.74, 6) is -1.75. The van der Waals surface area contributed by atoms with E-state index in [4.69, 9.17) is 9.90 Å². The number of nitrogens with one attached hydrogen (secondary N) is 1. The van der Waals surface area contributed by atoms with Gasteiger partial charge in [-0.1, -0.05) is 13.8 Å². The molecule has 1 aliphatic heterocycles. The maximum Gasteiger partial charge on any atom is 0.323 e. The SMILES string of the molecule is CC.C[C-]=O.[CH2-]C[C@H](NC(=O)C1CCCN1S(C)(=O)=O)C(=O)O.[Y]. The van der Waals surface area contributed by atoms with Crippen molar-refractivity contribution in [2.24, 2.45) is 0 Å². The number of rotatable bonds is 5. The maximum absolute atomic E-state index is 11.9. The van der Waals surface area contributed by atoms with Gasteiger partial charge in [0.25, 0.3) is 0 Å². The van der Waals surface area contributed by atoms with Crippen molar-refractivity contribution in [1.29, 1.82) is 0 Å². The second kappa shape index (κ2) is 14.9. The Labute approximate surface area is 169 Å². The van der Waals surface area contributed by atoms with Crippen LogP contribution in [0.5, 0.6) is 0 Å². The van der Waals surface area contributed by atoms with E-state index in [2.05, 4.69) is 12.2 Å². The number of sulfonamides is 1. The van der Waals surface area contributed by atoms with Crippen LogP contribution in [0.25, 0.3) is 0 Å². The van der Waals surface area contributed by atoms with Gasteiger partial charge in [-0.25, -0.2) is 8.42 Å². The molecule has 1 rings (SSSR count). The summed E-state index contributed by atoms with van der Waals surface area (Å²) in [5, 5.41) is 11.1. The van der Waals surface area contributed by atoms with E-state index in [1.165, 1.54) is 13.2 Å². The van der Waals surface area contributed by atoms with Crippen LogP contribution in [0.1, 0.15) is 40.0 Å². The summed E-state index contributed by atoms with van der Waals surface area (Å²) in [5.41, 5.74) is 0. The molecule has 139 valence electrons. The summed E-state index contributed by atoms with van der Waals surface area (Å²) >= 11 is 0. The first-order valence-electron chi connectivity index (χ1n) is 7.27. The van der Waals surface area contributed by atoms with Crippen LogP contribution < -0.4 is 5.32 Å². The smallest absolute Gasteiger partial charge is 0.323 e. The van der Waals surface area contributed by atoms with Crippen LogP contribution in [0.4, 0.5) is 0 Å². The van der Waals surface area contributed by atoms with Crippen molar-refractivity contribution in [3.8, 4) is 0 Å². The largest absolute Gasteiger partial charge is 0.542 e. The number of nitrogens with zero attached hydrogens (tertiary/aromatic N) is 1. The molecule has 1 saturated heterocycles. The Hall–Kier alpha value is -0.376. The molecular formula is C14H26N2O6SY-2. The Balaban J connectivity index is -0.000000660. The minimum atomic E-state index is -3.45. The molecule has 0 aromatic heterocycles. The molecule has 1 unspecified atom stereocenters. The molecule has 0 saturated carbocycles. The van der Waals surface area contributed by atoms with Crippen molar-refractivity contribution in [3.05, 3.63) is 6.92 Å². The number of carbonyl (C=O) groups is 2. The Morgan fingerprint density at radius 3 is 2.21 bits per heavy atom. The van der Waals surface area contributed by atoms with Gasteiger partial charge in [-0.2, -0.15) is 17.6 Å². The summed E-state index contributed by atoms with van der Waals surface area (Å²) in [6, 6.07) is -1.90. The van der Waals surface area contributed by atoms with Crippen LogP contribution in [-0.2, 0) is 57.1 Å². The van der Waals surface area contributed by atoms with Crippen molar-refractivity contribution in [1.82, 2.24) is 9.62 Å². The number of amides is 1. The van der Waals surface area contributed by atoms with Gasteiger partial charge in [0.05, 0.1) is 12.3 Å². The summed E-state index contributed by atoms with van der Waals surface area (Å²) in [6.07, 6.45) is 3.54. The summed E-state index contributed by atoms with van der Waals surface area (Å²) < 4.78 is 24.0. The molecule has 0 aliphatic carbocycles. The van der Waals surface area contributed by atoms with Gasteiger partial charge in [-0.3, -0.25) is 15.9 Å². The van der Waals surface area contributed by atoms with Crippen LogP contribution in [0.3, 0.4) is 0 Å². The molecule has 1 heterocycles. The second-order valence-corrected chi connectivity index (χ2v) is 6.36. The van der Waals surface area contributed by atoms with E-state index in [1.807, 2.05) is 13.8 Å². The number of hydrogen-bond acceptors (Lipinski definition) is 5. The minimum absolute atomic E-state index is 0. The molecule has 1 fully saturated rings. The number of carboxylic acids is 1. The summed E-state index contributed by atoms with van der Waals surface area (Å²) in [7, 11) is -3.45. The van der Waals surface area contributed by atoms with Crippen LogP contribution in [0.15, 0.2) is 0 Å². The van der Waals surface area contributed by atoms with E-state index in [0.717, 1.165) is 10.6 Å². The zero-order chi connectivity index (χ0) is 18.6. The second-order valence-electron chi connectivity index (χ2n) is 4.42. The van der Waals surface area contributed by atoms with Gasteiger partial charge in [0.1, 0.15) is 6.04 Å². The number of hydrogen-bond donors (Lipinski definition) is 2. The molecule has 0 aromatic rings. The third-order valence-electron chi connectivity index (χ3n) is 2.84. The normalized spacial score (nSPS) is 17.8. The molecule has 1 aliphatic rings. The molecule has 8 nitrogen and oxygen atoms in total. The number of carbonyl (C=O) groups excluding carboxylic acids is 2. The van der Waals surface area contributed by atoms with Gasteiger partial charge in [0, 0.05) is 39.3 Å².